The molecule has 0 heterocycles. The van der Waals surface area contributed by atoms with E-state index in [0.717, 1.165) is 0 Å². The Labute approximate surface area is 94.5 Å². The number of anilines is 1. The summed E-state index contributed by atoms with van der Waals surface area (Å²) >= 11 is 1.93. The molecule has 0 aliphatic heterocycles. The largest absolute Gasteiger partial charge is 0.478 e. The topological polar surface area (TPSA) is 66.4 Å². The second kappa shape index (κ2) is 4.41. The number of carboxylic acid groups (broad SMARTS) is 1. The fourth-order valence-electron chi connectivity index (χ4n) is 0.970. The highest BCUT2D eigenvalue weighted by atomic mass is 127. The molecule has 2 N–H and O–H groups in total. The standard InChI is InChI=1S/C9H8INO3/c1-5(12)11-6-2-3-8(10)7(4-6)9(13)14/h2-4H,1H3,(H,11,12)(H,13,14). The van der Waals surface area contributed by atoms with Gasteiger partial charge in [0.1, 0.15) is 0 Å². The number of carboxylic acids is 1. The first-order chi connectivity index (χ1) is 6.50. The van der Waals surface area contributed by atoms with Crippen molar-refractivity contribution in [2.24, 2.45) is 0 Å². The molecule has 74 valence electrons. The van der Waals surface area contributed by atoms with Crippen LogP contribution in [0, 0.1) is 3.57 Å². The highest BCUT2D eigenvalue weighted by molar-refractivity contribution is 14.1. The van der Waals surface area contributed by atoms with Crippen LogP contribution < -0.4 is 5.32 Å². The monoisotopic (exact) mass is 305 g/mol. The lowest BCUT2D eigenvalue weighted by Crippen LogP contribution is -2.07. The van der Waals surface area contributed by atoms with Crippen LogP contribution in [0.1, 0.15) is 17.3 Å². The van der Waals surface area contributed by atoms with Gasteiger partial charge in [0.05, 0.1) is 5.56 Å². The van der Waals surface area contributed by atoms with Crippen LogP contribution in [-0.2, 0) is 4.79 Å². The van der Waals surface area contributed by atoms with Crippen molar-refractivity contribution in [1.82, 2.24) is 0 Å². The van der Waals surface area contributed by atoms with E-state index in [4.69, 9.17) is 5.11 Å². The van der Waals surface area contributed by atoms with Crippen molar-refractivity contribution in [3.63, 3.8) is 0 Å². The molecule has 0 aliphatic rings. The average Bonchev–Trinajstić information content (AvgIpc) is 2.07. The number of hydrogen-bond acceptors (Lipinski definition) is 2. The maximum absolute atomic E-state index is 10.7. The molecule has 1 rings (SSSR count). The van der Waals surface area contributed by atoms with E-state index in [1.807, 2.05) is 22.6 Å². The highest BCUT2D eigenvalue weighted by Crippen LogP contribution is 2.17. The molecule has 0 saturated carbocycles. The molecule has 5 heteroatoms. The van der Waals surface area contributed by atoms with Crippen LogP contribution in [0.25, 0.3) is 0 Å². The van der Waals surface area contributed by atoms with Crippen molar-refractivity contribution in [3.8, 4) is 0 Å². The number of rotatable bonds is 2. The summed E-state index contributed by atoms with van der Waals surface area (Å²) in [5.74, 6) is -1.22. The number of hydrogen-bond donors (Lipinski definition) is 2. The molecular weight excluding hydrogens is 297 g/mol. The van der Waals surface area contributed by atoms with Gasteiger partial charge in [-0.2, -0.15) is 0 Å². The lowest BCUT2D eigenvalue weighted by Gasteiger charge is -2.04. The summed E-state index contributed by atoms with van der Waals surface area (Å²) in [5.41, 5.74) is 0.687. The van der Waals surface area contributed by atoms with E-state index in [1.165, 1.54) is 13.0 Å². The van der Waals surface area contributed by atoms with Gasteiger partial charge < -0.3 is 10.4 Å². The molecule has 1 aromatic rings. The van der Waals surface area contributed by atoms with Gasteiger partial charge in [-0.15, -0.1) is 0 Å². The smallest absolute Gasteiger partial charge is 0.336 e. The Kier molecular flexibility index (Phi) is 3.45. The number of carbonyl (C=O) groups excluding carboxylic acids is 1. The van der Waals surface area contributed by atoms with Gasteiger partial charge in [-0.25, -0.2) is 4.79 Å². The summed E-state index contributed by atoms with van der Waals surface area (Å²) < 4.78 is 0.643. The molecule has 1 amide bonds. The fourth-order valence-corrected chi connectivity index (χ4v) is 1.54. The fraction of sp³-hybridized carbons (Fsp3) is 0.111. The third-order valence-electron chi connectivity index (χ3n) is 1.52. The quantitative estimate of drug-likeness (QED) is 0.821. The molecule has 0 spiro atoms. The lowest BCUT2D eigenvalue weighted by molar-refractivity contribution is -0.114. The zero-order valence-corrected chi connectivity index (χ0v) is 9.53. The lowest BCUT2D eigenvalue weighted by atomic mass is 10.2. The van der Waals surface area contributed by atoms with Crippen LogP contribution in [0.4, 0.5) is 5.69 Å². The Hall–Kier alpha value is -1.11. The first-order valence-corrected chi connectivity index (χ1v) is 4.89. The molecular formula is C9H8INO3. The zero-order valence-electron chi connectivity index (χ0n) is 7.37. The number of aromatic carboxylic acids is 1. The van der Waals surface area contributed by atoms with Gasteiger partial charge in [-0.3, -0.25) is 4.79 Å². The maximum Gasteiger partial charge on any atom is 0.336 e. The van der Waals surface area contributed by atoms with Gasteiger partial charge in [0.2, 0.25) is 5.91 Å². The molecule has 0 radical (unpaired) electrons. The van der Waals surface area contributed by atoms with Gasteiger partial charge in [0.15, 0.2) is 0 Å². The normalized spacial score (nSPS) is 9.57. The number of halogens is 1. The third-order valence-corrected chi connectivity index (χ3v) is 2.46. The number of benzene rings is 1. The van der Waals surface area contributed by atoms with Gasteiger partial charge in [0.25, 0.3) is 0 Å². The molecule has 0 fully saturated rings. The minimum atomic E-state index is -0.999. The van der Waals surface area contributed by atoms with Crippen LogP contribution in [-0.4, -0.2) is 17.0 Å². The van der Waals surface area contributed by atoms with E-state index in [1.54, 1.807) is 12.1 Å². The van der Waals surface area contributed by atoms with Crippen LogP contribution >= 0.6 is 22.6 Å². The van der Waals surface area contributed by atoms with Crippen LogP contribution in [0.2, 0.25) is 0 Å². The van der Waals surface area contributed by atoms with Crippen molar-refractivity contribution < 1.29 is 14.7 Å². The van der Waals surface area contributed by atoms with Gasteiger partial charge in [-0.05, 0) is 40.8 Å². The van der Waals surface area contributed by atoms with Crippen LogP contribution in [0.5, 0.6) is 0 Å². The predicted octanol–water partition coefficient (Wildman–Crippen LogP) is 1.95. The van der Waals surface area contributed by atoms with Gasteiger partial charge >= 0.3 is 5.97 Å². The van der Waals surface area contributed by atoms with Crippen molar-refractivity contribution in [2.45, 2.75) is 6.92 Å². The van der Waals surface area contributed by atoms with E-state index in [2.05, 4.69) is 5.32 Å². The summed E-state index contributed by atoms with van der Waals surface area (Å²) in [4.78, 5) is 21.5. The molecule has 1 aromatic carbocycles. The van der Waals surface area contributed by atoms with Crippen molar-refractivity contribution in [1.29, 1.82) is 0 Å². The van der Waals surface area contributed by atoms with Crippen molar-refractivity contribution in [3.05, 3.63) is 27.3 Å². The third kappa shape index (κ3) is 2.69. The summed E-state index contributed by atoms with van der Waals surface area (Å²) in [6, 6.07) is 4.75. The summed E-state index contributed by atoms with van der Waals surface area (Å²) in [7, 11) is 0. The molecule has 0 aliphatic carbocycles. The maximum atomic E-state index is 10.7. The predicted molar refractivity (Wildman–Crippen MR) is 60.4 cm³/mol. The Morgan fingerprint density at radius 2 is 2.07 bits per heavy atom. The van der Waals surface area contributed by atoms with E-state index in [0.29, 0.717) is 9.26 Å². The second-order valence-corrected chi connectivity index (χ2v) is 3.84. The van der Waals surface area contributed by atoms with E-state index >= 15 is 0 Å². The van der Waals surface area contributed by atoms with E-state index in [9.17, 15) is 9.59 Å². The van der Waals surface area contributed by atoms with Gasteiger partial charge in [0, 0.05) is 16.2 Å². The van der Waals surface area contributed by atoms with Crippen LogP contribution in [0.3, 0.4) is 0 Å². The Morgan fingerprint density at radius 3 is 2.57 bits per heavy atom. The molecule has 0 unspecified atom stereocenters. The Morgan fingerprint density at radius 1 is 1.43 bits per heavy atom. The molecule has 0 aromatic heterocycles. The van der Waals surface area contributed by atoms with Crippen molar-refractivity contribution >= 4 is 40.2 Å². The first kappa shape index (κ1) is 11.0. The highest BCUT2D eigenvalue weighted by Gasteiger charge is 2.08. The Balaban J connectivity index is 3.06. The molecule has 14 heavy (non-hydrogen) atoms. The summed E-state index contributed by atoms with van der Waals surface area (Å²) in [6.45, 7) is 1.37. The summed E-state index contributed by atoms with van der Waals surface area (Å²) in [5, 5.41) is 11.3. The number of nitrogens with one attached hydrogen (secondary N) is 1. The molecule has 0 bridgehead atoms. The number of amides is 1. The minimum absolute atomic E-state index is 0.192. The van der Waals surface area contributed by atoms with E-state index < -0.39 is 5.97 Å². The SMILES string of the molecule is CC(=O)Nc1ccc(I)c(C(=O)O)c1. The molecule has 4 nitrogen and oxygen atoms in total. The minimum Gasteiger partial charge on any atom is -0.478 e. The van der Waals surface area contributed by atoms with Crippen LogP contribution in [0.15, 0.2) is 18.2 Å². The first-order valence-electron chi connectivity index (χ1n) is 3.81. The van der Waals surface area contributed by atoms with Gasteiger partial charge in [-0.1, -0.05) is 0 Å². The average molecular weight is 305 g/mol. The van der Waals surface area contributed by atoms with E-state index in [-0.39, 0.29) is 11.5 Å². The molecule has 0 saturated heterocycles. The van der Waals surface area contributed by atoms with Crippen molar-refractivity contribution in [2.75, 3.05) is 5.32 Å². The number of carbonyl (C=O) groups is 2. The Bertz CT molecular complexity index is 390. The second-order valence-electron chi connectivity index (χ2n) is 2.68. The zero-order chi connectivity index (χ0) is 10.7. The molecule has 0 atom stereocenters. The summed E-state index contributed by atoms with van der Waals surface area (Å²) in [6.07, 6.45) is 0.